The highest BCUT2D eigenvalue weighted by Crippen LogP contribution is 2.13. The van der Waals surface area contributed by atoms with Crippen molar-refractivity contribution in [3.05, 3.63) is 29.8 Å². The quantitative estimate of drug-likeness (QED) is 0.798. The Morgan fingerprint density at radius 1 is 1.20 bits per heavy atom. The van der Waals surface area contributed by atoms with Crippen molar-refractivity contribution in [2.45, 2.75) is 25.8 Å². The van der Waals surface area contributed by atoms with Gasteiger partial charge < -0.3 is 20.9 Å². The fourth-order valence-corrected chi connectivity index (χ4v) is 2.61. The number of nitrogens with zero attached hydrogens (tertiary/aromatic N) is 2. The third-order valence-corrected chi connectivity index (χ3v) is 3.93. The average molecular weight is 391 g/mol. The zero-order valence-electron chi connectivity index (χ0n) is 14.7. The van der Waals surface area contributed by atoms with E-state index in [-0.39, 0.29) is 49.1 Å². The first-order chi connectivity index (χ1) is 10.9. The topological polar surface area (TPSA) is 78.7 Å². The lowest BCUT2D eigenvalue weighted by Gasteiger charge is -2.32. The van der Waals surface area contributed by atoms with Gasteiger partial charge in [0.1, 0.15) is 0 Å². The van der Waals surface area contributed by atoms with Gasteiger partial charge in [-0.3, -0.25) is 9.59 Å². The van der Waals surface area contributed by atoms with Crippen LogP contribution < -0.4 is 11.1 Å². The summed E-state index contributed by atoms with van der Waals surface area (Å²) in [5.74, 6) is 0.0275. The van der Waals surface area contributed by atoms with Crippen LogP contribution in [-0.4, -0.2) is 60.9 Å². The van der Waals surface area contributed by atoms with Crippen LogP contribution in [0.25, 0.3) is 0 Å². The lowest BCUT2D eigenvalue weighted by molar-refractivity contribution is -0.132. The molecule has 0 radical (unpaired) electrons. The molecule has 0 aromatic heterocycles. The van der Waals surface area contributed by atoms with Crippen LogP contribution in [0.15, 0.2) is 24.3 Å². The minimum atomic E-state index is -0.169. The number of nitrogens with two attached hydrogens (primary N) is 1. The number of rotatable bonds is 5. The first kappa shape index (κ1) is 23.7. The Morgan fingerprint density at radius 2 is 1.84 bits per heavy atom. The van der Waals surface area contributed by atoms with Crippen molar-refractivity contribution in [2.24, 2.45) is 5.73 Å². The molecular formula is C17H28Cl2N4O2. The van der Waals surface area contributed by atoms with E-state index in [2.05, 4.69) is 17.3 Å². The summed E-state index contributed by atoms with van der Waals surface area (Å²) < 4.78 is 0. The Bertz CT molecular complexity index is 561. The second kappa shape index (κ2) is 11.3. The number of amides is 2. The van der Waals surface area contributed by atoms with Gasteiger partial charge in [-0.15, -0.1) is 24.8 Å². The van der Waals surface area contributed by atoms with Gasteiger partial charge in [-0.25, -0.2) is 0 Å². The lowest BCUT2D eigenvalue weighted by Crippen LogP contribution is -2.47. The van der Waals surface area contributed by atoms with Crippen molar-refractivity contribution in [3.63, 3.8) is 0 Å². The van der Waals surface area contributed by atoms with Crippen molar-refractivity contribution >= 4 is 42.3 Å². The van der Waals surface area contributed by atoms with Gasteiger partial charge in [0.25, 0.3) is 0 Å². The molecule has 3 N–H and O–H groups in total. The summed E-state index contributed by atoms with van der Waals surface area (Å²) in [4.78, 5) is 28.2. The van der Waals surface area contributed by atoms with Crippen LogP contribution in [0.4, 0.5) is 5.69 Å². The van der Waals surface area contributed by atoms with Crippen LogP contribution in [0.3, 0.4) is 0 Å². The molecule has 0 bridgehead atoms. The maximum atomic E-state index is 12.4. The summed E-state index contributed by atoms with van der Waals surface area (Å²) >= 11 is 0. The van der Waals surface area contributed by atoms with Gasteiger partial charge in [0.05, 0.1) is 6.42 Å². The van der Waals surface area contributed by atoms with E-state index in [0.29, 0.717) is 12.1 Å². The molecule has 142 valence electrons. The highest BCUT2D eigenvalue weighted by atomic mass is 35.5. The highest BCUT2D eigenvalue weighted by Gasteiger charge is 2.19. The van der Waals surface area contributed by atoms with Crippen LogP contribution in [-0.2, 0) is 16.0 Å². The van der Waals surface area contributed by atoms with Gasteiger partial charge in [0.15, 0.2) is 0 Å². The predicted molar refractivity (Wildman–Crippen MR) is 106 cm³/mol. The van der Waals surface area contributed by atoms with Gasteiger partial charge in [0.2, 0.25) is 11.8 Å². The summed E-state index contributed by atoms with van der Waals surface area (Å²) in [7, 11) is 2.07. The molecule has 1 aliphatic rings. The van der Waals surface area contributed by atoms with Gasteiger partial charge in [0, 0.05) is 44.3 Å². The minimum absolute atomic E-state index is 0. The number of hydrogen-bond acceptors (Lipinski definition) is 4. The van der Waals surface area contributed by atoms with Crippen molar-refractivity contribution in [3.8, 4) is 0 Å². The summed E-state index contributed by atoms with van der Waals surface area (Å²) in [5, 5.41) is 2.82. The van der Waals surface area contributed by atoms with Crippen LogP contribution in [0, 0.1) is 0 Å². The molecule has 25 heavy (non-hydrogen) atoms. The molecule has 1 atom stereocenters. The third kappa shape index (κ3) is 8.05. The number of piperazine rings is 1. The zero-order chi connectivity index (χ0) is 16.8. The number of carbonyl (C=O) groups excluding carboxylic acids is 2. The number of hydrogen-bond donors (Lipinski definition) is 2. The van der Waals surface area contributed by atoms with E-state index in [1.54, 1.807) is 6.92 Å². The van der Waals surface area contributed by atoms with E-state index in [1.807, 2.05) is 29.2 Å². The molecule has 1 aromatic carbocycles. The fraction of sp³-hybridized carbons (Fsp3) is 0.529. The Kier molecular flexibility index (Phi) is 10.7. The molecule has 1 aromatic rings. The van der Waals surface area contributed by atoms with Gasteiger partial charge in [-0.2, -0.15) is 0 Å². The van der Waals surface area contributed by atoms with E-state index in [0.717, 1.165) is 31.7 Å². The van der Waals surface area contributed by atoms with Gasteiger partial charge in [-0.1, -0.05) is 12.1 Å². The molecule has 1 unspecified atom stereocenters. The molecule has 6 nitrogen and oxygen atoms in total. The Balaban J connectivity index is 0.00000288. The van der Waals surface area contributed by atoms with Crippen LogP contribution in [0.2, 0.25) is 0 Å². The molecule has 1 saturated heterocycles. The fourth-order valence-electron chi connectivity index (χ4n) is 2.61. The Hall–Kier alpha value is -1.34. The maximum Gasteiger partial charge on any atom is 0.227 e. The molecule has 0 aliphatic carbocycles. The SMILES string of the molecule is CC(N)CC(=O)Nc1cccc(CC(=O)N2CCN(C)CC2)c1.Cl.Cl. The molecule has 0 saturated carbocycles. The van der Waals surface area contributed by atoms with Crippen LogP contribution in [0.1, 0.15) is 18.9 Å². The zero-order valence-corrected chi connectivity index (χ0v) is 16.4. The predicted octanol–water partition coefficient (Wildman–Crippen LogP) is 1.52. The summed E-state index contributed by atoms with van der Waals surface area (Å²) in [6.07, 6.45) is 0.644. The molecule has 1 fully saturated rings. The van der Waals surface area contributed by atoms with E-state index in [1.165, 1.54) is 0 Å². The third-order valence-electron chi connectivity index (χ3n) is 3.93. The van der Waals surface area contributed by atoms with Crippen molar-refractivity contribution in [2.75, 3.05) is 38.5 Å². The first-order valence-corrected chi connectivity index (χ1v) is 8.04. The van der Waals surface area contributed by atoms with Crippen LogP contribution >= 0.6 is 24.8 Å². The number of nitrogens with one attached hydrogen (secondary N) is 1. The maximum absolute atomic E-state index is 12.4. The van der Waals surface area contributed by atoms with Crippen molar-refractivity contribution < 1.29 is 9.59 Å². The smallest absolute Gasteiger partial charge is 0.227 e. The van der Waals surface area contributed by atoms with E-state index >= 15 is 0 Å². The molecule has 1 heterocycles. The summed E-state index contributed by atoms with van der Waals surface area (Å²) in [6, 6.07) is 7.27. The normalized spacial score (nSPS) is 15.6. The van der Waals surface area contributed by atoms with E-state index in [9.17, 15) is 9.59 Å². The van der Waals surface area contributed by atoms with Crippen molar-refractivity contribution in [1.29, 1.82) is 0 Å². The second-order valence-corrected chi connectivity index (χ2v) is 6.29. The lowest BCUT2D eigenvalue weighted by atomic mass is 10.1. The number of carbonyl (C=O) groups is 2. The highest BCUT2D eigenvalue weighted by molar-refractivity contribution is 5.91. The second-order valence-electron chi connectivity index (χ2n) is 6.29. The molecule has 2 amide bonds. The Morgan fingerprint density at radius 3 is 2.44 bits per heavy atom. The monoisotopic (exact) mass is 390 g/mol. The molecular weight excluding hydrogens is 363 g/mol. The standard InChI is InChI=1S/C17H26N4O2.2ClH/c1-13(18)10-16(22)19-15-5-3-4-14(11-15)12-17(23)21-8-6-20(2)7-9-21;;/h3-5,11,13H,6-10,12,18H2,1-2H3,(H,19,22);2*1H. The summed E-state index contributed by atoms with van der Waals surface area (Å²) in [5.41, 5.74) is 7.24. The van der Waals surface area contributed by atoms with Gasteiger partial charge in [-0.05, 0) is 31.7 Å². The van der Waals surface area contributed by atoms with Gasteiger partial charge >= 0.3 is 0 Å². The molecule has 1 aliphatic heterocycles. The van der Waals surface area contributed by atoms with E-state index in [4.69, 9.17) is 5.73 Å². The molecule has 2 rings (SSSR count). The molecule has 8 heteroatoms. The van der Waals surface area contributed by atoms with E-state index < -0.39 is 0 Å². The Labute approximate surface area is 161 Å². The number of benzene rings is 1. The minimum Gasteiger partial charge on any atom is -0.340 e. The summed E-state index contributed by atoms with van der Waals surface area (Å²) in [6.45, 7) is 5.18. The van der Waals surface area contributed by atoms with Crippen molar-refractivity contribution in [1.82, 2.24) is 9.80 Å². The molecule has 0 spiro atoms. The largest absolute Gasteiger partial charge is 0.340 e. The number of likely N-dealkylation sites (N-methyl/N-ethyl adjacent to an activating group) is 1. The van der Waals surface area contributed by atoms with Crippen LogP contribution in [0.5, 0.6) is 0 Å². The number of anilines is 1. The average Bonchev–Trinajstić information content (AvgIpc) is 2.47. The first-order valence-electron chi connectivity index (χ1n) is 8.04. The number of halogens is 2.